The van der Waals surface area contributed by atoms with Gasteiger partial charge < -0.3 is 9.84 Å². The van der Waals surface area contributed by atoms with Crippen molar-refractivity contribution < 1.29 is 9.32 Å². The molecular formula is C10H15BrN2O2. The van der Waals surface area contributed by atoms with Crippen LogP contribution in [-0.4, -0.2) is 22.4 Å². The number of aryl methyl sites for hydroxylation is 1. The summed E-state index contributed by atoms with van der Waals surface area (Å²) in [4.78, 5) is 11.8. The third-order valence-corrected chi connectivity index (χ3v) is 2.73. The maximum absolute atomic E-state index is 11.5. The predicted octanol–water partition coefficient (Wildman–Crippen LogP) is 2.28. The van der Waals surface area contributed by atoms with Crippen LogP contribution in [0.1, 0.15) is 36.0 Å². The van der Waals surface area contributed by atoms with Crippen LogP contribution >= 0.6 is 15.9 Å². The van der Waals surface area contributed by atoms with Gasteiger partial charge in [0.2, 0.25) is 0 Å². The molecule has 84 valence electrons. The van der Waals surface area contributed by atoms with Gasteiger partial charge in [0, 0.05) is 17.4 Å². The summed E-state index contributed by atoms with van der Waals surface area (Å²) in [6.07, 6.45) is 2.13. The van der Waals surface area contributed by atoms with Gasteiger partial charge in [0.1, 0.15) is 5.76 Å². The normalized spacial score (nSPS) is 12.5. The summed E-state index contributed by atoms with van der Waals surface area (Å²) in [6, 6.07) is 1.62. The number of halogens is 1. The minimum absolute atomic E-state index is 0.188. The number of alkyl halides is 1. The lowest BCUT2D eigenvalue weighted by molar-refractivity contribution is 0.0944. The van der Waals surface area contributed by atoms with Crippen molar-refractivity contribution in [2.75, 3.05) is 6.54 Å². The van der Waals surface area contributed by atoms with E-state index in [0.717, 1.165) is 12.8 Å². The third-order valence-electron chi connectivity index (χ3n) is 1.95. The van der Waals surface area contributed by atoms with Crippen LogP contribution in [0.3, 0.4) is 0 Å². The molecule has 15 heavy (non-hydrogen) atoms. The lowest BCUT2D eigenvalue weighted by Gasteiger charge is -2.08. The van der Waals surface area contributed by atoms with E-state index in [4.69, 9.17) is 4.52 Å². The van der Waals surface area contributed by atoms with Gasteiger partial charge in [-0.05, 0) is 13.3 Å². The van der Waals surface area contributed by atoms with E-state index < -0.39 is 0 Å². The van der Waals surface area contributed by atoms with E-state index in [-0.39, 0.29) is 5.91 Å². The minimum atomic E-state index is -0.188. The summed E-state index contributed by atoms with van der Waals surface area (Å²) in [6.45, 7) is 4.48. The number of hydrogen-bond donors (Lipinski definition) is 1. The minimum Gasteiger partial charge on any atom is -0.361 e. The summed E-state index contributed by atoms with van der Waals surface area (Å²) < 4.78 is 4.82. The first-order valence-corrected chi connectivity index (χ1v) is 5.90. The quantitative estimate of drug-likeness (QED) is 0.839. The Kier molecular flexibility index (Phi) is 4.81. The molecular weight excluding hydrogens is 260 g/mol. The van der Waals surface area contributed by atoms with Crippen molar-refractivity contribution in [2.24, 2.45) is 0 Å². The molecule has 1 amide bonds. The number of carbonyl (C=O) groups excluding carboxylic acids is 1. The molecule has 1 atom stereocenters. The fraction of sp³-hybridized carbons (Fsp3) is 0.600. The zero-order chi connectivity index (χ0) is 11.3. The van der Waals surface area contributed by atoms with Crippen molar-refractivity contribution in [1.82, 2.24) is 10.5 Å². The highest BCUT2D eigenvalue weighted by Crippen LogP contribution is 2.07. The van der Waals surface area contributed by atoms with Crippen molar-refractivity contribution in [3.63, 3.8) is 0 Å². The molecule has 0 aliphatic heterocycles. The molecule has 0 aliphatic rings. The average Bonchev–Trinajstić information content (AvgIpc) is 2.62. The molecule has 1 aromatic rings. The monoisotopic (exact) mass is 274 g/mol. The van der Waals surface area contributed by atoms with Gasteiger partial charge in [-0.3, -0.25) is 4.79 Å². The lowest BCUT2D eigenvalue weighted by atomic mass is 10.2. The SMILES string of the molecule is CCCC(Br)CNC(=O)c1cc(C)on1. The second-order valence-corrected chi connectivity index (χ2v) is 4.71. The Morgan fingerprint density at radius 1 is 1.73 bits per heavy atom. The van der Waals surface area contributed by atoms with Crippen LogP contribution in [0.2, 0.25) is 0 Å². The van der Waals surface area contributed by atoms with E-state index in [9.17, 15) is 4.79 Å². The number of carbonyl (C=O) groups is 1. The standard InChI is InChI=1S/C10H15BrN2O2/c1-3-4-8(11)6-12-10(14)9-5-7(2)15-13-9/h5,8H,3-4,6H2,1-2H3,(H,12,14). The van der Waals surface area contributed by atoms with Gasteiger partial charge >= 0.3 is 0 Å². The number of aromatic nitrogens is 1. The molecule has 0 saturated heterocycles. The Balaban J connectivity index is 2.36. The first-order chi connectivity index (χ1) is 7.13. The lowest BCUT2D eigenvalue weighted by Crippen LogP contribution is -2.29. The molecule has 0 spiro atoms. The van der Waals surface area contributed by atoms with Crippen LogP contribution in [0.4, 0.5) is 0 Å². The van der Waals surface area contributed by atoms with E-state index in [2.05, 4.69) is 33.3 Å². The average molecular weight is 275 g/mol. The van der Waals surface area contributed by atoms with Gasteiger partial charge in [-0.1, -0.05) is 34.4 Å². The molecule has 0 aliphatic carbocycles. The van der Waals surface area contributed by atoms with Crippen LogP contribution in [-0.2, 0) is 0 Å². The Hall–Kier alpha value is -0.840. The molecule has 0 bridgehead atoms. The molecule has 1 unspecified atom stereocenters. The summed E-state index contributed by atoms with van der Waals surface area (Å²) in [5.41, 5.74) is 0.337. The molecule has 1 aromatic heterocycles. The summed E-state index contributed by atoms with van der Waals surface area (Å²) >= 11 is 3.49. The maximum atomic E-state index is 11.5. The van der Waals surface area contributed by atoms with E-state index >= 15 is 0 Å². The summed E-state index contributed by atoms with van der Waals surface area (Å²) in [5.74, 6) is 0.455. The van der Waals surface area contributed by atoms with Crippen LogP contribution in [0, 0.1) is 6.92 Å². The topological polar surface area (TPSA) is 55.1 Å². The number of nitrogens with zero attached hydrogens (tertiary/aromatic N) is 1. The van der Waals surface area contributed by atoms with Gasteiger partial charge in [-0.25, -0.2) is 0 Å². The van der Waals surface area contributed by atoms with Gasteiger partial charge in [0.15, 0.2) is 5.69 Å². The first kappa shape index (κ1) is 12.2. The van der Waals surface area contributed by atoms with Crippen molar-refractivity contribution in [1.29, 1.82) is 0 Å². The molecule has 0 aromatic carbocycles. The smallest absolute Gasteiger partial charge is 0.273 e. The third kappa shape index (κ3) is 4.03. The molecule has 4 nitrogen and oxygen atoms in total. The zero-order valence-electron chi connectivity index (χ0n) is 8.92. The van der Waals surface area contributed by atoms with Gasteiger partial charge in [0.05, 0.1) is 0 Å². The predicted molar refractivity (Wildman–Crippen MR) is 61.2 cm³/mol. The van der Waals surface area contributed by atoms with E-state index in [1.54, 1.807) is 13.0 Å². The highest BCUT2D eigenvalue weighted by molar-refractivity contribution is 9.09. The van der Waals surface area contributed by atoms with E-state index in [0.29, 0.717) is 22.8 Å². The maximum Gasteiger partial charge on any atom is 0.273 e. The largest absolute Gasteiger partial charge is 0.361 e. The van der Waals surface area contributed by atoms with Crippen molar-refractivity contribution in [3.05, 3.63) is 17.5 Å². The van der Waals surface area contributed by atoms with Crippen molar-refractivity contribution in [2.45, 2.75) is 31.5 Å². The van der Waals surface area contributed by atoms with Gasteiger partial charge in [0.25, 0.3) is 5.91 Å². The molecule has 0 fully saturated rings. The highest BCUT2D eigenvalue weighted by atomic mass is 79.9. The fourth-order valence-corrected chi connectivity index (χ4v) is 1.80. The molecule has 5 heteroatoms. The second kappa shape index (κ2) is 5.90. The highest BCUT2D eigenvalue weighted by Gasteiger charge is 2.11. The zero-order valence-corrected chi connectivity index (χ0v) is 10.5. The van der Waals surface area contributed by atoms with Crippen LogP contribution in [0.15, 0.2) is 10.6 Å². The number of amides is 1. The van der Waals surface area contributed by atoms with Crippen LogP contribution in [0.25, 0.3) is 0 Å². The molecule has 0 saturated carbocycles. The van der Waals surface area contributed by atoms with Crippen molar-refractivity contribution in [3.8, 4) is 0 Å². The van der Waals surface area contributed by atoms with Crippen LogP contribution < -0.4 is 5.32 Å². The van der Waals surface area contributed by atoms with Crippen molar-refractivity contribution >= 4 is 21.8 Å². The summed E-state index contributed by atoms with van der Waals surface area (Å²) in [7, 11) is 0. The Morgan fingerprint density at radius 2 is 2.47 bits per heavy atom. The number of rotatable bonds is 5. The molecule has 0 radical (unpaired) electrons. The fourth-order valence-electron chi connectivity index (χ4n) is 1.18. The van der Waals surface area contributed by atoms with Gasteiger partial charge in [-0.15, -0.1) is 0 Å². The molecule has 1 N–H and O–H groups in total. The first-order valence-electron chi connectivity index (χ1n) is 4.99. The number of nitrogens with one attached hydrogen (secondary N) is 1. The molecule has 1 rings (SSSR count). The van der Waals surface area contributed by atoms with E-state index in [1.165, 1.54) is 0 Å². The van der Waals surface area contributed by atoms with Gasteiger partial charge in [-0.2, -0.15) is 0 Å². The second-order valence-electron chi connectivity index (χ2n) is 3.42. The molecule has 1 heterocycles. The summed E-state index contributed by atoms with van der Waals surface area (Å²) in [5, 5.41) is 6.43. The number of hydrogen-bond acceptors (Lipinski definition) is 3. The van der Waals surface area contributed by atoms with Crippen LogP contribution in [0.5, 0.6) is 0 Å². The Bertz CT molecular complexity index is 325. The Morgan fingerprint density at radius 3 is 3.00 bits per heavy atom. The van der Waals surface area contributed by atoms with E-state index in [1.807, 2.05) is 0 Å². The Labute approximate surface area is 97.5 Å².